The summed E-state index contributed by atoms with van der Waals surface area (Å²) < 4.78 is 1.93. The van der Waals surface area contributed by atoms with E-state index in [0.717, 1.165) is 10.7 Å². The van der Waals surface area contributed by atoms with Crippen LogP contribution >= 0.6 is 11.3 Å². The summed E-state index contributed by atoms with van der Waals surface area (Å²) in [5.74, 6) is 0.830. The number of nitrogen functional groups attached to an aromatic ring is 1. The van der Waals surface area contributed by atoms with E-state index in [9.17, 15) is 10.1 Å². The van der Waals surface area contributed by atoms with E-state index in [-0.39, 0.29) is 11.4 Å². The van der Waals surface area contributed by atoms with Crippen molar-refractivity contribution in [3.8, 4) is 10.7 Å². The number of hydrogen-bond acceptors (Lipinski definition) is 5. The van der Waals surface area contributed by atoms with Gasteiger partial charge in [0.2, 0.25) is 0 Å². The monoisotopic (exact) mass is 300 g/mol. The topological polar surface area (TPSA) is 87.0 Å². The Morgan fingerprint density at radius 2 is 2.19 bits per heavy atom. The molecule has 0 saturated carbocycles. The second-order valence-electron chi connectivity index (χ2n) is 4.46. The van der Waals surface area contributed by atoms with E-state index >= 15 is 0 Å². The highest BCUT2D eigenvalue weighted by atomic mass is 32.1. The molecule has 0 atom stereocenters. The fraction of sp³-hybridized carbons (Fsp3) is 0.0714. The van der Waals surface area contributed by atoms with Crippen LogP contribution in [0.3, 0.4) is 0 Å². The molecule has 0 amide bonds. The Bertz CT molecular complexity index is 780. The lowest BCUT2D eigenvalue weighted by molar-refractivity contribution is -0.383. The van der Waals surface area contributed by atoms with Crippen molar-refractivity contribution in [3.63, 3.8) is 0 Å². The lowest BCUT2D eigenvalue weighted by atomic mass is 10.1. The molecule has 0 aliphatic rings. The molecular formula is C14H12N4O2S. The number of nitrogens with zero attached hydrogens (tertiary/aromatic N) is 3. The molecular weight excluding hydrogens is 288 g/mol. The lowest BCUT2D eigenvalue weighted by Crippen LogP contribution is -2.05. The van der Waals surface area contributed by atoms with Gasteiger partial charge in [0.15, 0.2) is 0 Å². The van der Waals surface area contributed by atoms with E-state index in [2.05, 4.69) is 4.98 Å². The van der Waals surface area contributed by atoms with Crippen LogP contribution in [0.25, 0.3) is 10.7 Å². The smallest absolute Gasteiger partial charge is 0.292 e. The maximum atomic E-state index is 10.9. The van der Waals surface area contributed by atoms with Crippen molar-refractivity contribution in [2.24, 2.45) is 0 Å². The largest absolute Gasteiger partial charge is 0.393 e. The Balaban J connectivity index is 1.97. The molecule has 2 N–H and O–H groups in total. The third kappa shape index (κ3) is 2.50. The molecule has 0 radical (unpaired) electrons. The maximum Gasteiger partial charge on any atom is 0.292 e. The van der Waals surface area contributed by atoms with E-state index in [0.29, 0.717) is 12.1 Å². The molecule has 1 aromatic carbocycles. The van der Waals surface area contributed by atoms with Crippen molar-refractivity contribution in [1.29, 1.82) is 0 Å². The van der Waals surface area contributed by atoms with Crippen LogP contribution in [0.4, 0.5) is 11.4 Å². The minimum absolute atomic E-state index is 0.0645. The number of imidazole rings is 1. The third-order valence-corrected chi connectivity index (χ3v) is 4.03. The Hall–Kier alpha value is -2.67. The number of thiophene rings is 1. The summed E-state index contributed by atoms with van der Waals surface area (Å²) in [5, 5.41) is 12.9. The van der Waals surface area contributed by atoms with Crippen molar-refractivity contribution >= 4 is 22.7 Å². The molecule has 0 spiro atoms. The van der Waals surface area contributed by atoms with Crippen LogP contribution < -0.4 is 5.73 Å². The number of para-hydroxylation sites is 1. The fourth-order valence-electron chi connectivity index (χ4n) is 2.15. The van der Waals surface area contributed by atoms with Crippen molar-refractivity contribution in [1.82, 2.24) is 9.55 Å². The van der Waals surface area contributed by atoms with E-state index < -0.39 is 4.92 Å². The first-order valence-corrected chi connectivity index (χ1v) is 7.11. The molecule has 7 heteroatoms. The molecule has 3 rings (SSSR count). The highest BCUT2D eigenvalue weighted by molar-refractivity contribution is 7.13. The van der Waals surface area contributed by atoms with Gasteiger partial charge < -0.3 is 10.3 Å². The predicted octanol–water partition coefficient (Wildman–Crippen LogP) is 3.15. The van der Waals surface area contributed by atoms with E-state index in [1.165, 1.54) is 6.07 Å². The minimum atomic E-state index is -0.465. The van der Waals surface area contributed by atoms with Crippen LogP contribution in [0.15, 0.2) is 48.1 Å². The van der Waals surface area contributed by atoms with Gasteiger partial charge in [0, 0.05) is 24.0 Å². The van der Waals surface area contributed by atoms with Gasteiger partial charge in [-0.1, -0.05) is 18.2 Å². The summed E-state index contributed by atoms with van der Waals surface area (Å²) in [5.41, 5.74) is 6.74. The molecule has 0 aliphatic carbocycles. The Morgan fingerprint density at radius 1 is 1.33 bits per heavy atom. The number of nitrogens with two attached hydrogens (primary N) is 1. The second kappa shape index (κ2) is 5.37. The van der Waals surface area contributed by atoms with Gasteiger partial charge >= 0.3 is 0 Å². The standard InChI is InChI=1S/C14H12N4O2S/c15-13-10(3-1-4-11(13)18(19)20)9-17-7-6-16-14(17)12-5-2-8-21-12/h1-8H,9,15H2. The van der Waals surface area contributed by atoms with Gasteiger partial charge in [-0.25, -0.2) is 4.98 Å². The van der Waals surface area contributed by atoms with Crippen LogP contribution in [0, 0.1) is 10.1 Å². The van der Waals surface area contributed by atoms with Crippen molar-refractivity contribution < 1.29 is 4.92 Å². The zero-order chi connectivity index (χ0) is 14.8. The number of aromatic nitrogens is 2. The second-order valence-corrected chi connectivity index (χ2v) is 5.41. The third-order valence-electron chi connectivity index (χ3n) is 3.17. The molecule has 2 heterocycles. The quantitative estimate of drug-likeness (QED) is 0.455. The van der Waals surface area contributed by atoms with Crippen molar-refractivity contribution in [2.45, 2.75) is 6.54 Å². The number of rotatable bonds is 4. The van der Waals surface area contributed by atoms with Crippen LogP contribution in [-0.2, 0) is 6.54 Å². The molecule has 0 unspecified atom stereocenters. The zero-order valence-electron chi connectivity index (χ0n) is 11.0. The van der Waals surface area contributed by atoms with E-state index in [4.69, 9.17) is 5.73 Å². The van der Waals surface area contributed by atoms with Gasteiger partial charge in [0.1, 0.15) is 11.5 Å². The van der Waals surface area contributed by atoms with Gasteiger partial charge in [-0.05, 0) is 11.4 Å². The number of nitro groups is 1. The molecule has 21 heavy (non-hydrogen) atoms. The molecule has 2 aromatic heterocycles. The first kappa shape index (κ1) is 13.3. The summed E-state index contributed by atoms with van der Waals surface area (Å²) in [6.45, 7) is 0.445. The zero-order valence-corrected chi connectivity index (χ0v) is 11.8. The SMILES string of the molecule is Nc1c(Cn2ccnc2-c2cccs2)cccc1[N+](=O)[O-]. The predicted molar refractivity (Wildman–Crippen MR) is 82.2 cm³/mol. The first-order chi connectivity index (χ1) is 10.2. The number of benzene rings is 1. The summed E-state index contributed by atoms with van der Waals surface area (Å²) in [6, 6.07) is 8.79. The summed E-state index contributed by atoms with van der Waals surface area (Å²) in [4.78, 5) is 15.9. The summed E-state index contributed by atoms with van der Waals surface area (Å²) >= 11 is 1.59. The van der Waals surface area contributed by atoms with E-state index in [1.54, 1.807) is 29.7 Å². The summed E-state index contributed by atoms with van der Waals surface area (Å²) in [6.07, 6.45) is 3.55. The van der Waals surface area contributed by atoms with Crippen LogP contribution in [0.2, 0.25) is 0 Å². The average Bonchev–Trinajstić information content (AvgIpc) is 3.11. The molecule has 3 aromatic rings. The van der Waals surface area contributed by atoms with Crippen LogP contribution in [0.1, 0.15) is 5.56 Å². The van der Waals surface area contributed by atoms with Crippen LogP contribution in [-0.4, -0.2) is 14.5 Å². The number of nitro benzene ring substituents is 1. The first-order valence-electron chi connectivity index (χ1n) is 6.23. The van der Waals surface area contributed by atoms with Crippen LogP contribution in [0.5, 0.6) is 0 Å². The van der Waals surface area contributed by atoms with Gasteiger partial charge in [-0.2, -0.15) is 0 Å². The molecule has 6 nitrogen and oxygen atoms in total. The Kier molecular flexibility index (Phi) is 3.41. The average molecular weight is 300 g/mol. The highest BCUT2D eigenvalue weighted by Gasteiger charge is 2.15. The van der Waals surface area contributed by atoms with Gasteiger partial charge in [0.25, 0.3) is 5.69 Å². The number of hydrogen-bond donors (Lipinski definition) is 1. The highest BCUT2D eigenvalue weighted by Crippen LogP contribution is 2.28. The molecule has 0 aliphatic heterocycles. The van der Waals surface area contributed by atoms with Gasteiger partial charge in [-0.15, -0.1) is 11.3 Å². The van der Waals surface area contributed by atoms with Gasteiger partial charge in [-0.3, -0.25) is 10.1 Å². The molecule has 0 fully saturated rings. The molecule has 106 valence electrons. The minimum Gasteiger partial charge on any atom is -0.393 e. The lowest BCUT2D eigenvalue weighted by Gasteiger charge is -2.09. The van der Waals surface area contributed by atoms with Crippen molar-refractivity contribution in [3.05, 3.63) is 63.8 Å². The molecule has 0 bridgehead atoms. The normalized spacial score (nSPS) is 10.7. The number of anilines is 1. The van der Waals surface area contributed by atoms with Crippen molar-refractivity contribution in [2.75, 3.05) is 5.73 Å². The Morgan fingerprint density at radius 3 is 2.90 bits per heavy atom. The summed E-state index contributed by atoms with van der Waals surface area (Å²) in [7, 11) is 0. The maximum absolute atomic E-state index is 10.9. The molecule has 0 saturated heterocycles. The fourth-order valence-corrected chi connectivity index (χ4v) is 2.88. The van der Waals surface area contributed by atoms with Gasteiger partial charge in [0.05, 0.1) is 16.3 Å². The van der Waals surface area contributed by atoms with E-state index in [1.807, 2.05) is 28.3 Å². The Labute approximate surface area is 124 Å².